The van der Waals surface area contributed by atoms with Crippen LogP contribution in [-0.4, -0.2) is 5.11 Å². The second kappa shape index (κ2) is 3.28. The summed E-state index contributed by atoms with van der Waals surface area (Å²) in [6.07, 6.45) is 0. The van der Waals surface area contributed by atoms with E-state index < -0.39 is 0 Å². The van der Waals surface area contributed by atoms with Gasteiger partial charge in [-0.25, -0.2) is 0 Å². The Labute approximate surface area is 85.7 Å². The number of rotatable bonds is 0. The third-order valence-electron chi connectivity index (χ3n) is 0.974. The van der Waals surface area contributed by atoms with Crippen LogP contribution in [0.15, 0.2) is 16.6 Å². The number of benzene rings is 1. The summed E-state index contributed by atoms with van der Waals surface area (Å²) in [5.74, 6) is 0.208. The summed E-state index contributed by atoms with van der Waals surface area (Å²) in [6.45, 7) is 0. The summed E-state index contributed by atoms with van der Waals surface area (Å²) in [4.78, 5) is 0. The average Bonchev–Trinajstić information content (AvgIpc) is 1.82. The summed E-state index contributed by atoms with van der Waals surface area (Å²) >= 11 is 10.9. The van der Waals surface area contributed by atoms with Gasteiger partial charge in [0.05, 0.1) is 3.57 Å². The molecule has 0 radical (unpaired) electrons. The van der Waals surface area contributed by atoms with E-state index in [4.69, 9.17) is 16.7 Å². The first-order chi connectivity index (χ1) is 4.61. The lowest BCUT2D eigenvalue weighted by molar-refractivity contribution is 0.471. The largest absolute Gasteiger partial charge is 0.507 e. The quantitative estimate of drug-likeness (QED) is 0.570. The highest BCUT2D eigenvalue weighted by Gasteiger charge is 2.02. The van der Waals surface area contributed by atoms with Gasteiger partial charge in [-0.15, -0.1) is 0 Å². The van der Waals surface area contributed by atoms with Crippen LogP contribution in [0.4, 0.5) is 0 Å². The molecule has 1 nitrogen and oxygen atoms in total. The van der Waals surface area contributed by atoms with Gasteiger partial charge in [-0.3, -0.25) is 0 Å². The van der Waals surface area contributed by atoms with Crippen molar-refractivity contribution in [2.75, 3.05) is 0 Å². The molecule has 0 spiro atoms. The van der Waals surface area contributed by atoms with Crippen molar-refractivity contribution in [3.05, 3.63) is 25.2 Å². The monoisotopic (exact) mass is 332 g/mol. The Kier molecular flexibility index (Phi) is 2.82. The van der Waals surface area contributed by atoms with Crippen molar-refractivity contribution in [1.82, 2.24) is 0 Å². The Balaban J connectivity index is 3.31. The summed E-state index contributed by atoms with van der Waals surface area (Å²) in [5.41, 5.74) is 0. The molecule has 1 aromatic carbocycles. The highest BCUT2D eigenvalue weighted by atomic mass is 127. The Morgan fingerprint density at radius 3 is 2.60 bits per heavy atom. The summed E-state index contributed by atoms with van der Waals surface area (Å²) < 4.78 is 1.60. The zero-order valence-electron chi connectivity index (χ0n) is 4.74. The Morgan fingerprint density at radius 1 is 1.50 bits per heavy atom. The van der Waals surface area contributed by atoms with Gasteiger partial charge in [-0.1, -0.05) is 11.6 Å². The van der Waals surface area contributed by atoms with E-state index in [1.807, 2.05) is 22.6 Å². The van der Waals surface area contributed by atoms with Crippen LogP contribution >= 0.6 is 50.1 Å². The number of aromatic hydroxyl groups is 1. The van der Waals surface area contributed by atoms with Gasteiger partial charge in [0.15, 0.2) is 0 Å². The van der Waals surface area contributed by atoms with Gasteiger partial charge in [-0.2, -0.15) is 0 Å². The molecule has 0 saturated carbocycles. The van der Waals surface area contributed by atoms with Gasteiger partial charge < -0.3 is 5.11 Å². The molecule has 0 atom stereocenters. The van der Waals surface area contributed by atoms with Crippen LogP contribution in [0.1, 0.15) is 0 Å². The lowest BCUT2D eigenvalue weighted by Gasteiger charge is -1.99. The summed E-state index contributed by atoms with van der Waals surface area (Å²) in [7, 11) is 0. The lowest BCUT2D eigenvalue weighted by atomic mass is 10.3. The van der Waals surface area contributed by atoms with E-state index in [1.165, 1.54) is 6.07 Å². The number of hydrogen-bond donors (Lipinski definition) is 1. The zero-order chi connectivity index (χ0) is 7.72. The van der Waals surface area contributed by atoms with E-state index in [1.54, 1.807) is 6.07 Å². The van der Waals surface area contributed by atoms with E-state index >= 15 is 0 Å². The Morgan fingerprint density at radius 2 is 2.10 bits per heavy atom. The SMILES string of the molecule is Oc1cc(Cl)cc(Br)c1I. The molecule has 0 bridgehead atoms. The zero-order valence-corrected chi connectivity index (χ0v) is 9.24. The minimum atomic E-state index is 0.208. The number of phenols is 1. The number of halogens is 3. The number of phenolic OH excluding ortho intramolecular Hbond substituents is 1. The number of hydrogen-bond acceptors (Lipinski definition) is 1. The second-order valence-corrected chi connectivity index (χ2v) is 4.09. The van der Waals surface area contributed by atoms with Gasteiger partial charge in [-0.05, 0) is 50.7 Å². The normalized spacial score (nSPS) is 9.90. The molecule has 4 heteroatoms. The summed E-state index contributed by atoms with van der Waals surface area (Å²) in [5, 5.41) is 9.69. The maximum absolute atomic E-state index is 9.16. The third kappa shape index (κ3) is 1.77. The average molecular weight is 333 g/mol. The molecule has 54 valence electrons. The first-order valence-electron chi connectivity index (χ1n) is 2.45. The van der Waals surface area contributed by atoms with Crippen molar-refractivity contribution >= 4 is 50.1 Å². The molecule has 0 aliphatic heterocycles. The van der Waals surface area contributed by atoms with E-state index in [0.717, 1.165) is 8.04 Å². The van der Waals surface area contributed by atoms with E-state index in [0.29, 0.717) is 5.02 Å². The van der Waals surface area contributed by atoms with Crippen molar-refractivity contribution in [1.29, 1.82) is 0 Å². The molecule has 0 heterocycles. The molecule has 1 rings (SSSR count). The molecule has 0 aliphatic rings. The second-order valence-electron chi connectivity index (χ2n) is 1.72. The molecule has 1 N–H and O–H groups in total. The topological polar surface area (TPSA) is 20.2 Å². The molecular formula is C6H3BrClIO. The van der Waals surface area contributed by atoms with Gasteiger partial charge in [0.25, 0.3) is 0 Å². The van der Waals surface area contributed by atoms with E-state index in [9.17, 15) is 0 Å². The predicted octanol–water partition coefficient (Wildman–Crippen LogP) is 3.41. The van der Waals surface area contributed by atoms with Crippen molar-refractivity contribution in [3.63, 3.8) is 0 Å². The van der Waals surface area contributed by atoms with E-state index in [2.05, 4.69) is 15.9 Å². The van der Waals surface area contributed by atoms with Crippen LogP contribution in [0.2, 0.25) is 5.02 Å². The lowest BCUT2D eigenvalue weighted by Crippen LogP contribution is -1.75. The highest BCUT2D eigenvalue weighted by molar-refractivity contribution is 14.1. The van der Waals surface area contributed by atoms with Crippen molar-refractivity contribution < 1.29 is 5.11 Å². The minimum Gasteiger partial charge on any atom is -0.507 e. The van der Waals surface area contributed by atoms with Crippen LogP contribution in [0, 0.1) is 3.57 Å². The molecule has 10 heavy (non-hydrogen) atoms. The molecule has 0 unspecified atom stereocenters. The molecule has 0 saturated heterocycles. The van der Waals surface area contributed by atoms with Gasteiger partial charge in [0, 0.05) is 9.50 Å². The molecule has 0 amide bonds. The van der Waals surface area contributed by atoms with Gasteiger partial charge >= 0.3 is 0 Å². The Bertz CT molecular complexity index is 241. The first-order valence-corrected chi connectivity index (χ1v) is 4.69. The maximum atomic E-state index is 9.16. The summed E-state index contributed by atoms with van der Waals surface area (Å²) in [6, 6.07) is 3.25. The maximum Gasteiger partial charge on any atom is 0.131 e. The van der Waals surface area contributed by atoms with Gasteiger partial charge in [0.2, 0.25) is 0 Å². The Hall–Kier alpha value is 0.520. The van der Waals surface area contributed by atoms with Crippen LogP contribution < -0.4 is 0 Å². The molecule has 1 aromatic rings. The molecule has 0 fully saturated rings. The smallest absolute Gasteiger partial charge is 0.131 e. The molecular weight excluding hydrogens is 330 g/mol. The highest BCUT2D eigenvalue weighted by Crippen LogP contribution is 2.30. The predicted molar refractivity (Wildman–Crippen MR) is 53.5 cm³/mol. The van der Waals surface area contributed by atoms with Crippen LogP contribution in [-0.2, 0) is 0 Å². The fourth-order valence-corrected chi connectivity index (χ4v) is 1.65. The van der Waals surface area contributed by atoms with Gasteiger partial charge in [0.1, 0.15) is 5.75 Å². The van der Waals surface area contributed by atoms with Crippen LogP contribution in [0.5, 0.6) is 5.75 Å². The first kappa shape index (κ1) is 8.62. The fraction of sp³-hybridized carbons (Fsp3) is 0. The van der Waals surface area contributed by atoms with E-state index in [-0.39, 0.29) is 5.75 Å². The van der Waals surface area contributed by atoms with Crippen molar-refractivity contribution in [2.24, 2.45) is 0 Å². The third-order valence-corrected chi connectivity index (χ3v) is 3.69. The van der Waals surface area contributed by atoms with Crippen molar-refractivity contribution in [2.45, 2.75) is 0 Å². The minimum absolute atomic E-state index is 0.208. The molecule has 0 aromatic heterocycles. The van der Waals surface area contributed by atoms with Crippen LogP contribution in [0.25, 0.3) is 0 Å². The van der Waals surface area contributed by atoms with Crippen LogP contribution in [0.3, 0.4) is 0 Å². The fourth-order valence-electron chi connectivity index (χ4n) is 0.542. The van der Waals surface area contributed by atoms with Crippen molar-refractivity contribution in [3.8, 4) is 5.75 Å². The standard InChI is InChI=1S/C6H3BrClIO/c7-4-1-3(8)2-5(10)6(4)9/h1-2,10H. The molecule has 0 aliphatic carbocycles.